The van der Waals surface area contributed by atoms with Gasteiger partial charge >= 0.3 is 0 Å². The fraction of sp³-hybridized carbons (Fsp3) is 0.667. The highest BCUT2D eigenvalue weighted by atomic mass is 15.3. The Bertz CT molecular complexity index is 386. The lowest BCUT2D eigenvalue weighted by Gasteiger charge is -2.40. The van der Waals surface area contributed by atoms with Crippen molar-refractivity contribution in [2.75, 3.05) is 10.7 Å². The van der Waals surface area contributed by atoms with Gasteiger partial charge in [-0.2, -0.15) is 0 Å². The zero-order valence-corrected chi connectivity index (χ0v) is 10.6. The third kappa shape index (κ3) is 2.49. The zero-order valence-electron chi connectivity index (χ0n) is 10.6. The third-order valence-electron chi connectivity index (χ3n) is 3.46. The minimum atomic E-state index is 0.197. The molecule has 2 rings (SSSR count). The van der Waals surface area contributed by atoms with Crippen LogP contribution in [0.15, 0.2) is 6.33 Å². The summed E-state index contributed by atoms with van der Waals surface area (Å²) in [6.45, 7) is 4.38. The van der Waals surface area contributed by atoms with Crippen LogP contribution in [-0.2, 0) is 6.42 Å². The second-order valence-electron chi connectivity index (χ2n) is 4.98. The summed E-state index contributed by atoms with van der Waals surface area (Å²) in [6, 6.07) is 0. The lowest BCUT2D eigenvalue weighted by molar-refractivity contribution is 0.305. The minimum Gasteiger partial charge on any atom is -0.365 e. The van der Waals surface area contributed by atoms with Crippen LogP contribution in [0.4, 0.5) is 11.6 Å². The molecule has 0 saturated heterocycles. The number of aromatic nitrogens is 2. The first-order valence-electron chi connectivity index (χ1n) is 6.27. The molecule has 4 N–H and O–H groups in total. The molecule has 0 aliphatic heterocycles. The molecular weight excluding hydrogens is 214 g/mol. The molecule has 0 atom stereocenters. The van der Waals surface area contributed by atoms with Crippen LogP contribution in [0, 0.1) is 0 Å². The number of hydrogen-bond acceptors (Lipinski definition) is 5. The van der Waals surface area contributed by atoms with Crippen molar-refractivity contribution in [3.05, 3.63) is 11.9 Å². The predicted molar refractivity (Wildman–Crippen MR) is 69.7 cm³/mol. The summed E-state index contributed by atoms with van der Waals surface area (Å²) in [5, 5.41) is 3.54. The maximum absolute atomic E-state index is 5.49. The molecule has 1 aliphatic rings. The highest BCUT2D eigenvalue weighted by Crippen LogP contribution is 2.35. The van der Waals surface area contributed by atoms with Crippen LogP contribution in [0.5, 0.6) is 0 Å². The second-order valence-corrected chi connectivity index (χ2v) is 4.98. The van der Waals surface area contributed by atoms with Crippen LogP contribution in [0.25, 0.3) is 0 Å². The summed E-state index contributed by atoms with van der Waals surface area (Å²) in [6.07, 6.45) is 7.23. The molecule has 0 amide bonds. The molecule has 1 heterocycles. The molecule has 1 aromatic rings. The number of nitrogens with zero attached hydrogens (tertiary/aromatic N) is 2. The molecule has 5 nitrogen and oxygen atoms in total. The molecule has 0 aromatic carbocycles. The van der Waals surface area contributed by atoms with E-state index in [4.69, 9.17) is 5.84 Å². The van der Waals surface area contributed by atoms with Gasteiger partial charge in [0.1, 0.15) is 18.0 Å². The Labute approximate surface area is 102 Å². The first-order valence-corrected chi connectivity index (χ1v) is 6.27. The molecule has 1 fully saturated rings. The van der Waals surface area contributed by atoms with Crippen molar-refractivity contribution in [3.8, 4) is 0 Å². The SMILES string of the molecule is CCCc1c(NN)ncnc1NC1(C)CCC1. The van der Waals surface area contributed by atoms with Crippen molar-refractivity contribution in [1.82, 2.24) is 9.97 Å². The highest BCUT2D eigenvalue weighted by Gasteiger charge is 2.32. The van der Waals surface area contributed by atoms with Crippen LogP contribution < -0.4 is 16.6 Å². The maximum atomic E-state index is 5.49. The van der Waals surface area contributed by atoms with E-state index in [9.17, 15) is 0 Å². The van der Waals surface area contributed by atoms with E-state index in [2.05, 4.69) is 34.6 Å². The van der Waals surface area contributed by atoms with Crippen molar-refractivity contribution < 1.29 is 0 Å². The Morgan fingerprint density at radius 1 is 1.35 bits per heavy atom. The molecule has 1 saturated carbocycles. The van der Waals surface area contributed by atoms with Crippen LogP contribution in [0.2, 0.25) is 0 Å². The number of anilines is 2. The van der Waals surface area contributed by atoms with E-state index < -0.39 is 0 Å². The van der Waals surface area contributed by atoms with Gasteiger partial charge < -0.3 is 10.7 Å². The molecule has 1 aliphatic carbocycles. The van der Waals surface area contributed by atoms with Gasteiger partial charge in [-0.25, -0.2) is 15.8 Å². The van der Waals surface area contributed by atoms with E-state index in [1.165, 1.54) is 19.3 Å². The fourth-order valence-corrected chi connectivity index (χ4v) is 2.25. The zero-order chi connectivity index (χ0) is 12.3. The van der Waals surface area contributed by atoms with Crippen molar-refractivity contribution in [2.24, 2.45) is 5.84 Å². The quantitative estimate of drug-likeness (QED) is 0.538. The Morgan fingerprint density at radius 2 is 2.06 bits per heavy atom. The largest absolute Gasteiger partial charge is 0.365 e. The summed E-state index contributed by atoms with van der Waals surface area (Å²) in [4.78, 5) is 8.52. The molecule has 0 bridgehead atoms. The molecule has 0 spiro atoms. The first kappa shape index (κ1) is 12.1. The lowest BCUT2D eigenvalue weighted by Crippen LogP contribution is -2.42. The monoisotopic (exact) mass is 235 g/mol. The van der Waals surface area contributed by atoms with E-state index in [-0.39, 0.29) is 5.54 Å². The lowest BCUT2D eigenvalue weighted by atomic mass is 9.78. The number of nitrogen functional groups attached to an aromatic ring is 1. The van der Waals surface area contributed by atoms with Crippen molar-refractivity contribution >= 4 is 11.6 Å². The topological polar surface area (TPSA) is 75.9 Å². The summed E-state index contributed by atoms with van der Waals surface area (Å²) in [7, 11) is 0. The van der Waals surface area contributed by atoms with Gasteiger partial charge in [0.2, 0.25) is 0 Å². The van der Waals surface area contributed by atoms with Crippen molar-refractivity contribution in [1.29, 1.82) is 0 Å². The normalized spacial score (nSPS) is 17.4. The van der Waals surface area contributed by atoms with Gasteiger partial charge in [-0.05, 0) is 32.6 Å². The van der Waals surface area contributed by atoms with E-state index in [0.29, 0.717) is 0 Å². The molecule has 0 radical (unpaired) electrons. The summed E-state index contributed by atoms with van der Waals surface area (Å²) >= 11 is 0. The second kappa shape index (κ2) is 4.87. The number of hydrazine groups is 1. The van der Waals surface area contributed by atoms with Gasteiger partial charge in [-0.15, -0.1) is 0 Å². The van der Waals surface area contributed by atoms with Gasteiger partial charge in [0.05, 0.1) is 0 Å². The molecule has 5 heteroatoms. The van der Waals surface area contributed by atoms with Gasteiger partial charge in [-0.1, -0.05) is 13.3 Å². The standard InChI is InChI=1S/C12H21N5/c1-3-5-9-10(14-8-15-11(9)17-13)16-12(2)6-4-7-12/h8H,3-7,13H2,1-2H3,(H2,14,15,16,17). The third-order valence-corrected chi connectivity index (χ3v) is 3.46. The summed E-state index contributed by atoms with van der Waals surface area (Å²) in [5.41, 5.74) is 3.94. The molecule has 0 unspecified atom stereocenters. The van der Waals surface area contributed by atoms with E-state index in [1.54, 1.807) is 6.33 Å². The number of nitrogens with one attached hydrogen (secondary N) is 2. The van der Waals surface area contributed by atoms with Crippen LogP contribution in [-0.4, -0.2) is 15.5 Å². The summed E-state index contributed by atoms with van der Waals surface area (Å²) in [5.74, 6) is 7.15. The smallest absolute Gasteiger partial charge is 0.148 e. The fourth-order valence-electron chi connectivity index (χ4n) is 2.25. The minimum absolute atomic E-state index is 0.197. The highest BCUT2D eigenvalue weighted by molar-refractivity contribution is 5.58. The Hall–Kier alpha value is -1.36. The van der Waals surface area contributed by atoms with Crippen LogP contribution in [0.3, 0.4) is 0 Å². The summed E-state index contributed by atoms with van der Waals surface area (Å²) < 4.78 is 0. The number of nitrogens with two attached hydrogens (primary N) is 1. The Morgan fingerprint density at radius 3 is 2.59 bits per heavy atom. The number of rotatable bonds is 5. The molecule has 94 valence electrons. The Kier molecular flexibility index (Phi) is 3.47. The van der Waals surface area contributed by atoms with E-state index >= 15 is 0 Å². The average molecular weight is 235 g/mol. The van der Waals surface area contributed by atoms with E-state index in [0.717, 1.165) is 30.0 Å². The van der Waals surface area contributed by atoms with Crippen LogP contribution in [0.1, 0.15) is 45.1 Å². The maximum Gasteiger partial charge on any atom is 0.148 e. The van der Waals surface area contributed by atoms with Crippen molar-refractivity contribution in [3.63, 3.8) is 0 Å². The molecular formula is C12H21N5. The van der Waals surface area contributed by atoms with Gasteiger partial charge in [-0.3, -0.25) is 0 Å². The predicted octanol–water partition coefficient (Wildman–Crippen LogP) is 2.07. The van der Waals surface area contributed by atoms with Crippen LogP contribution >= 0.6 is 0 Å². The van der Waals surface area contributed by atoms with E-state index in [1.807, 2.05) is 0 Å². The Balaban J connectivity index is 2.25. The molecule has 1 aromatic heterocycles. The van der Waals surface area contributed by atoms with Gasteiger partial charge in [0.15, 0.2) is 0 Å². The first-order chi connectivity index (χ1) is 8.18. The number of hydrogen-bond donors (Lipinski definition) is 3. The van der Waals surface area contributed by atoms with Gasteiger partial charge in [0.25, 0.3) is 0 Å². The average Bonchev–Trinajstić information content (AvgIpc) is 2.29. The molecule has 17 heavy (non-hydrogen) atoms. The van der Waals surface area contributed by atoms with Gasteiger partial charge in [0, 0.05) is 11.1 Å². The van der Waals surface area contributed by atoms with Crippen molar-refractivity contribution in [2.45, 2.75) is 51.5 Å².